The van der Waals surface area contributed by atoms with Crippen LogP contribution in [0.4, 0.5) is 5.69 Å². The summed E-state index contributed by atoms with van der Waals surface area (Å²) < 4.78 is 1.84. The van der Waals surface area contributed by atoms with Crippen molar-refractivity contribution >= 4 is 17.2 Å². The molecule has 0 saturated heterocycles. The lowest BCUT2D eigenvalue weighted by Crippen LogP contribution is -2.12. The van der Waals surface area contributed by atoms with E-state index in [0.717, 1.165) is 22.5 Å². The van der Waals surface area contributed by atoms with Gasteiger partial charge in [0, 0.05) is 18.1 Å². The third-order valence-corrected chi connectivity index (χ3v) is 3.16. The molecule has 0 atom stereocenters. The van der Waals surface area contributed by atoms with Crippen molar-refractivity contribution in [2.45, 2.75) is 13.8 Å². The van der Waals surface area contributed by atoms with E-state index in [9.17, 15) is 4.79 Å². The lowest BCUT2D eigenvalue weighted by atomic mass is 10.2. The lowest BCUT2D eigenvalue weighted by Gasteiger charge is -2.02. The monoisotopic (exact) mass is 265 g/mol. The Morgan fingerprint density at radius 3 is 2.60 bits per heavy atom. The van der Waals surface area contributed by atoms with Crippen molar-refractivity contribution in [3.8, 4) is 0 Å². The first-order chi connectivity index (χ1) is 9.61. The van der Waals surface area contributed by atoms with Crippen LogP contribution in [-0.2, 0) is 0 Å². The summed E-state index contributed by atoms with van der Waals surface area (Å²) in [7, 11) is 0. The van der Waals surface area contributed by atoms with Crippen LogP contribution in [-0.4, -0.2) is 15.3 Å². The van der Waals surface area contributed by atoms with Crippen LogP contribution in [0.2, 0.25) is 0 Å². The average Bonchev–Trinajstić information content (AvgIpc) is 2.84. The highest BCUT2D eigenvalue weighted by Crippen LogP contribution is 2.12. The van der Waals surface area contributed by atoms with Crippen molar-refractivity contribution in [1.29, 1.82) is 0 Å². The standard InChI is InChI=1S/C16H15N3O/c1-11-3-5-13(6-4-11)17-16(20)14-10-19-8-7-12(2)9-15(19)18-14/h3-10H,1-2H3,(H,17,20). The summed E-state index contributed by atoms with van der Waals surface area (Å²) in [5.74, 6) is -0.199. The van der Waals surface area contributed by atoms with Gasteiger partial charge >= 0.3 is 0 Å². The Kier molecular flexibility index (Phi) is 2.99. The first kappa shape index (κ1) is 12.4. The van der Waals surface area contributed by atoms with E-state index in [1.807, 2.05) is 60.8 Å². The second-order valence-corrected chi connectivity index (χ2v) is 4.92. The van der Waals surface area contributed by atoms with E-state index in [-0.39, 0.29) is 5.91 Å². The van der Waals surface area contributed by atoms with E-state index in [1.165, 1.54) is 0 Å². The van der Waals surface area contributed by atoms with Gasteiger partial charge in [-0.3, -0.25) is 4.79 Å². The molecule has 4 nitrogen and oxygen atoms in total. The topological polar surface area (TPSA) is 46.4 Å². The van der Waals surface area contributed by atoms with E-state index in [1.54, 1.807) is 6.20 Å². The number of nitrogens with one attached hydrogen (secondary N) is 1. The Labute approximate surface area is 117 Å². The van der Waals surface area contributed by atoms with Crippen molar-refractivity contribution in [3.05, 3.63) is 65.6 Å². The molecule has 0 unspecified atom stereocenters. The fourth-order valence-corrected chi connectivity index (χ4v) is 2.03. The van der Waals surface area contributed by atoms with E-state index in [0.29, 0.717) is 5.69 Å². The summed E-state index contributed by atoms with van der Waals surface area (Å²) >= 11 is 0. The Bertz CT molecular complexity index is 772. The summed E-state index contributed by atoms with van der Waals surface area (Å²) in [4.78, 5) is 16.5. The molecule has 0 radical (unpaired) electrons. The van der Waals surface area contributed by atoms with Crippen LogP contribution in [0.1, 0.15) is 21.6 Å². The summed E-state index contributed by atoms with van der Waals surface area (Å²) in [6.45, 7) is 4.01. The second-order valence-electron chi connectivity index (χ2n) is 4.92. The molecule has 2 heterocycles. The van der Waals surface area contributed by atoms with Gasteiger partial charge in [0.25, 0.3) is 5.91 Å². The molecule has 3 aromatic rings. The Morgan fingerprint density at radius 2 is 1.85 bits per heavy atom. The van der Waals surface area contributed by atoms with Gasteiger partial charge in [0.05, 0.1) is 0 Å². The van der Waals surface area contributed by atoms with Crippen molar-refractivity contribution in [2.75, 3.05) is 5.32 Å². The van der Waals surface area contributed by atoms with Crippen molar-refractivity contribution in [3.63, 3.8) is 0 Å². The molecule has 0 aliphatic carbocycles. The van der Waals surface area contributed by atoms with E-state index in [2.05, 4.69) is 10.3 Å². The molecule has 0 aliphatic heterocycles. The zero-order valence-corrected chi connectivity index (χ0v) is 11.4. The molecular formula is C16H15N3O. The first-order valence-corrected chi connectivity index (χ1v) is 6.45. The van der Waals surface area contributed by atoms with Gasteiger partial charge in [-0.1, -0.05) is 17.7 Å². The van der Waals surface area contributed by atoms with E-state index >= 15 is 0 Å². The highest BCUT2D eigenvalue weighted by Gasteiger charge is 2.10. The Morgan fingerprint density at radius 1 is 1.10 bits per heavy atom. The van der Waals surface area contributed by atoms with Gasteiger partial charge in [-0.25, -0.2) is 4.98 Å². The Hall–Kier alpha value is -2.62. The number of hydrogen-bond donors (Lipinski definition) is 1. The molecule has 0 aliphatic rings. The van der Waals surface area contributed by atoms with Crippen molar-refractivity contribution in [2.24, 2.45) is 0 Å². The maximum absolute atomic E-state index is 12.2. The van der Waals surface area contributed by atoms with Gasteiger partial charge in [-0.15, -0.1) is 0 Å². The minimum absolute atomic E-state index is 0.199. The van der Waals surface area contributed by atoms with Crippen LogP contribution in [0.3, 0.4) is 0 Å². The maximum Gasteiger partial charge on any atom is 0.275 e. The fourth-order valence-electron chi connectivity index (χ4n) is 2.03. The van der Waals surface area contributed by atoms with Crippen LogP contribution in [0, 0.1) is 13.8 Å². The van der Waals surface area contributed by atoms with Gasteiger partial charge in [0.15, 0.2) is 0 Å². The third-order valence-electron chi connectivity index (χ3n) is 3.16. The number of rotatable bonds is 2. The first-order valence-electron chi connectivity index (χ1n) is 6.45. The normalized spacial score (nSPS) is 10.7. The van der Waals surface area contributed by atoms with Gasteiger partial charge < -0.3 is 9.72 Å². The molecule has 0 saturated carbocycles. The number of pyridine rings is 1. The zero-order chi connectivity index (χ0) is 14.1. The second kappa shape index (κ2) is 4.81. The SMILES string of the molecule is Cc1ccc(NC(=O)c2cn3ccc(C)cc3n2)cc1. The molecule has 0 bridgehead atoms. The number of aromatic nitrogens is 2. The molecule has 1 amide bonds. The Balaban J connectivity index is 1.86. The molecular weight excluding hydrogens is 250 g/mol. The summed E-state index contributed by atoms with van der Waals surface area (Å²) in [5, 5.41) is 2.85. The lowest BCUT2D eigenvalue weighted by molar-refractivity contribution is 0.102. The molecule has 3 rings (SSSR count). The molecule has 100 valence electrons. The fraction of sp³-hybridized carbons (Fsp3) is 0.125. The number of amides is 1. The van der Waals surface area contributed by atoms with E-state index < -0.39 is 0 Å². The largest absolute Gasteiger partial charge is 0.321 e. The average molecular weight is 265 g/mol. The summed E-state index contributed by atoms with van der Waals surface area (Å²) in [6.07, 6.45) is 3.64. The molecule has 1 aromatic carbocycles. The highest BCUT2D eigenvalue weighted by molar-refractivity contribution is 6.03. The van der Waals surface area contributed by atoms with Crippen LogP contribution in [0.5, 0.6) is 0 Å². The minimum atomic E-state index is -0.199. The zero-order valence-electron chi connectivity index (χ0n) is 11.4. The predicted octanol–water partition coefficient (Wildman–Crippen LogP) is 3.20. The number of imidazole rings is 1. The smallest absolute Gasteiger partial charge is 0.275 e. The van der Waals surface area contributed by atoms with Crippen molar-refractivity contribution < 1.29 is 4.79 Å². The third kappa shape index (κ3) is 2.40. The summed E-state index contributed by atoms with van der Waals surface area (Å²) in [6, 6.07) is 11.6. The van der Waals surface area contributed by atoms with Gasteiger partial charge in [0.2, 0.25) is 0 Å². The predicted molar refractivity (Wildman–Crippen MR) is 79.1 cm³/mol. The molecule has 20 heavy (non-hydrogen) atoms. The quantitative estimate of drug-likeness (QED) is 0.773. The highest BCUT2D eigenvalue weighted by atomic mass is 16.1. The number of anilines is 1. The van der Waals surface area contributed by atoms with Gasteiger partial charge in [-0.05, 0) is 43.7 Å². The van der Waals surface area contributed by atoms with Crippen LogP contribution in [0.15, 0.2) is 48.8 Å². The number of benzene rings is 1. The number of carbonyl (C=O) groups excluding carboxylic acids is 1. The van der Waals surface area contributed by atoms with E-state index in [4.69, 9.17) is 0 Å². The number of fused-ring (bicyclic) bond motifs is 1. The van der Waals surface area contributed by atoms with Crippen LogP contribution < -0.4 is 5.32 Å². The van der Waals surface area contributed by atoms with Crippen LogP contribution >= 0.6 is 0 Å². The number of nitrogens with zero attached hydrogens (tertiary/aromatic N) is 2. The van der Waals surface area contributed by atoms with Gasteiger partial charge in [-0.2, -0.15) is 0 Å². The number of aryl methyl sites for hydroxylation is 2. The molecule has 4 heteroatoms. The molecule has 2 aromatic heterocycles. The molecule has 1 N–H and O–H groups in total. The number of carbonyl (C=O) groups is 1. The van der Waals surface area contributed by atoms with Gasteiger partial charge in [0.1, 0.15) is 11.3 Å². The van der Waals surface area contributed by atoms with Crippen LogP contribution in [0.25, 0.3) is 5.65 Å². The summed E-state index contributed by atoms with van der Waals surface area (Å²) in [5.41, 5.74) is 4.24. The minimum Gasteiger partial charge on any atom is -0.321 e. The van der Waals surface area contributed by atoms with Crippen molar-refractivity contribution in [1.82, 2.24) is 9.38 Å². The molecule has 0 fully saturated rings. The maximum atomic E-state index is 12.2. The molecule has 0 spiro atoms. The number of hydrogen-bond acceptors (Lipinski definition) is 2.